The molecule has 0 aliphatic heterocycles. The standard InChI is InChI=1S/C12H17BrClNS/c1-8(16-3)7-15-9(2)11-5-4-10(13)6-12(11)14/h4-6,8-9,15H,7H2,1-3H3. The fraction of sp³-hybridized carbons (Fsp3) is 0.500. The molecule has 0 amide bonds. The van der Waals surface area contributed by atoms with Crippen LogP contribution in [0.15, 0.2) is 22.7 Å². The van der Waals surface area contributed by atoms with E-state index in [2.05, 4.69) is 47.4 Å². The lowest BCUT2D eigenvalue weighted by atomic mass is 10.1. The molecule has 2 unspecified atom stereocenters. The average Bonchev–Trinajstić information content (AvgIpc) is 2.25. The van der Waals surface area contributed by atoms with Crippen LogP contribution in [0.25, 0.3) is 0 Å². The van der Waals surface area contributed by atoms with Crippen LogP contribution in [0.1, 0.15) is 25.5 Å². The number of thioether (sulfide) groups is 1. The Labute approximate surface area is 115 Å². The topological polar surface area (TPSA) is 12.0 Å². The Hall–Kier alpha value is 0.300. The van der Waals surface area contributed by atoms with E-state index in [9.17, 15) is 0 Å². The van der Waals surface area contributed by atoms with Gasteiger partial charge in [-0.2, -0.15) is 11.8 Å². The maximum Gasteiger partial charge on any atom is 0.0464 e. The van der Waals surface area contributed by atoms with Gasteiger partial charge in [-0.3, -0.25) is 0 Å². The van der Waals surface area contributed by atoms with E-state index in [1.807, 2.05) is 23.9 Å². The van der Waals surface area contributed by atoms with Crippen LogP contribution in [0, 0.1) is 0 Å². The van der Waals surface area contributed by atoms with E-state index in [0.29, 0.717) is 5.25 Å². The molecule has 0 aromatic heterocycles. The first kappa shape index (κ1) is 14.4. The number of nitrogens with one attached hydrogen (secondary N) is 1. The van der Waals surface area contributed by atoms with Crippen LogP contribution in [0.4, 0.5) is 0 Å². The molecule has 4 heteroatoms. The molecule has 1 N–H and O–H groups in total. The summed E-state index contributed by atoms with van der Waals surface area (Å²) in [6.07, 6.45) is 2.13. The summed E-state index contributed by atoms with van der Waals surface area (Å²) in [6.45, 7) is 5.35. The van der Waals surface area contributed by atoms with Crippen molar-refractivity contribution in [1.82, 2.24) is 5.32 Å². The number of benzene rings is 1. The van der Waals surface area contributed by atoms with Crippen molar-refractivity contribution in [2.45, 2.75) is 25.1 Å². The molecule has 16 heavy (non-hydrogen) atoms. The van der Waals surface area contributed by atoms with Crippen molar-refractivity contribution in [1.29, 1.82) is 0 Å². The van der Waals surface area contributed by atoms with E-state index < -0.39 is 0 Å². The average molecular weight is 323 g/mol. The van der Waals surface area contributed by atoms with E-state index >= 15 is 0 Å². The predicted octanol–water partition coefficient (Wildman–Crippen LogP) is 4.50. The Bertz CT molecular complexity index is 346. The first-order valence-corrected chi connectivity index (χ1v) is 7.71. The van der Waals surface area contributed by atoms with Crippen molar-refractivity contribution in [2.75, 3.05) is 12.8 Å². The predicted molar refractivity (Wildman–Crippen MR) is 78.5 cm³/mol. The number of hydrogen-bond donors (Lipinski definition) is 1. The summed E-state index contributed by atoms with van der Waals surface area (Å²) >= 11 is 11.5. The highest BCUT2D eigenvalue weighted by atomic mass is 79.9. The summed E-state index contributed by atoms with van der Waals surface area (Å²) in [4.78, 5) is 0. The molecular formula is C12H17BrClNS. The van der Waals surface area contributed by atoms with E-state index in [1.165, 1.54) is 0 Å². The van der Waals surface area contributed by atoms with Gasteiger partial charge in [-0.05, 0) is 30.9 Å². The van der Waals surface area contributed by atoms with E-state index in [0.717, 1.165) is 21.6 Å². The van der Waals surface area contributed by atoms with Gasteiger partial charge in [0, 0.05) is 27.3 Å². The van der Waals surface area contributed by atoms with Crippen LogP contribution in [-0.2, 0) is 0 Å². The van der Waals surface area contributed by atoms with Crippen molar-refractivity contribution in [3.63, 3.8) is 0 Å². The summed E-state index contributed by atoms with van der Waals surface area (Å²) in [7, 11) is 0. The van der Waals surface area contributed by atoms with E-state index in [4.69, 9.17) is 11.6 Å². The van der Waals surface area contributed by atoms with Gasteiger partial charge in [0.25, 0.3) is 0 Å². The van der Waals surface area contributed by atoms with Crippen molar-refractivity contribution in [3.05, 3.63) is 33.3 Å². The molecule has 0 aliphatic carbocycles. The molecule has 1 aromatic carbocycles. The summed E-state index contributed by atoms with van der Waals surface area (Å²) in [5, 5.41) is 4.92. The maximum absolute atomic E-state index is 6.20. The van der Waals surface area contributed by atoms with Crippen LogP contribution in [0.5, 0.6) is 0 Å². The van der Waals surface area contributed by atoms with Crippen LogP contribution in [-0.4, -0.2) is 18.1 Å². The second kappa shape index (κ2) is 6.90. The Morgan fingerprint density at radius 3 is 2.69 bits per heavy atom. The third-order valence-electron chi connectivity index (χ3n) is 2.54. The first-order valence-electron chi connectivity index (χ1n) is 5.25. The van der Waals surface area contributed by atoms with Gasteiger partial charge in [-0.1, -0.05) is 40.5 Å². The fourth-order valence-electron chi connectivity index (χ4n) is 1.39. The molecule has 90 valence electrons. The molecule has 0 aliphatic rings. The molecule has 0 radical (unpaired) electrons. The maximum atomic E-state index is 6.20. The monoisotopic (exact) mass is 321 g/mol. The summed E-state index contributed by atoms with van der Waals surface area (Å²) in [6, 6.07) is 6.31. The summed E-state index contributed by atoms with van der Waals surface area (Å²) in [5.74, 6) is 0. The lowest BCUT2D eigenvalue weighted by Gasteiger charge is -2.18. The van der Waals surface area contributed by atoms with Crippen LogP contribution < -0.4 is 5.32 Å². The van der Waals surface area contributed by atoms with Gasteiger partial charge in [0.05, 0.1) is 0 Å². The highest BCUT2D eigenvalue weighted by Crippen LogP contribution is 2.26. The highest BCUT2D eigenvalue weighted by Gasteiger charge is 2.10. The van der Waals surface area contributed by atoms with Gasteiger partial charge in [-0.15, -0.1) is 0 Å². The highest BCUT2D eigenvalue weighted by molar-refractivity contribution is 9.10. The smallest absolute Gasteiger partial charge is 0.0464 e. The molecule has 0 bridgehead atoms. The molecule has 1 nitrogen and oxygen atoms in total. The van der Waals surface area contributed by atoms with Crippen LogP contribution >= 0.6 is 39.3 Å². The number of halogens is 2. The van der Waals surface area contributed by atoms with Gasteiger partial charge in [0.1, 0.15) is 0 Å². The molecule has 0 fully saturated rings. The molecule has 0 spiro atoms. The molecule has 0 saturated carbocycles. The number of hydrogen-bond acceptors (Lipinski definition) is 2. The Kier molecular flexibility index (Phi) is 6.19. The van der Waals surface area contributed by atoms with Crippen molar-refractivity contribution in [2.24, 2.45) is 0 Å². The molecule has 2 atom stereocenters. The normalized spacial score (nSPS) is 14.8. The van der Waals surface area contributed by atoms with Gasteiger partial charge in [-0.25, -0.2) is 0 Å². The second-order valence-corrected chi connectivity index (χ2v) is 6.44. The first-order chi connectivity index (χ1) is 7.54. The van der Waals surface area contributed by atoms with Crippen molar-refractivity contribution < 1.29 is 0 Å². The molecular weight excluding hydrogens is 306 g/mol. The zero-order valence-corrected chi connectivity index (χ0v) is 12.9. The SMILES string of the molecule is CSC(C)CNC(C)c1ccc(Br)cc1Cl. The molecule has 1 aromatic rings. The van der Waals surface area contributed by atoms with Crippen molar-refractivity contribution in [3.8, 4) is 0 Å². The fourth-order valence-corrected chi connectivity index (χ4v) is 2.49. The Balaban J connectivity index is 2.62. The van der Waals surface area contributed by atoms with Gasteiger partial charge in [0.15, 0.2) is 0 Å². The minimum Gasteiger partial charge on any atom is -0.309 e. The largest absolute Gasteiger partial charge is 0.309 e. The Morgan fingerprint density at radius 1 is 1.44 bits per heavy atom. The second-order valence-electron chi connectivity index (χ2n) is 3.84. The van der Waals surface area contributed by atoms with Gasteiger partial charge in [0.2, 0.25) is 0 Å². The summed E-state index contributed by atoms with van der Waals surface area (Å²) in [5.41, 5.74) is 1.15. The third-order valence-corrected chi connectivity index (χ3v) is 4.33. The quantitative estimate of drug-likeness (QED) is 0.856. The lowest BCUT2D eigenvalue weighted by Crippen LogP contribution is -2.25. The minimum atomic E-state index is 0.287. The molecule has 0 saturated heterocycles. The zero-order valence-electron chi connectivity index (χ0n) is 9.76. The lowest BCUT2D eigenvalue weighted by molar-refractivity contribution is 0.576. The van der Waals surface area contributed by atoms with E-state index in [1.54, 1.807) is 0 Å². The van der Waals surface area contributed by atoms with E-state index in [-0.39, 0.29) is 6.04 Å². The molecule has 1 rings (SSSR count). The van der Waals surface area contributed by atoms with Crippen LogP contribution in [0.3, 0.4) is 0 Å². The zero-order chi connectivity index (χ0) is 12.1. The third kappa shape index (κ3) is 4.28. The minimum absolute atomic E-state index is 0.287. The van der Waals surface area contributed by atoms with Crippen LogP contribution in [0.2, 0.25) is 5.02 Å². The molecule has 0 heterocycles. The van der Waals surface area contributed by atoms with Crippen molar-refractivity contribution >= 4 is 39.3 Å². The Morgan fingerprint density at radius 2 is 2.12 bits per heavy atom. The summed E-state index contributed by atoms with van der Waals surface area (Å²) < 4.78 is 1.02. The van der Waals surface area contributed by atoms with Gasteiger partial charge < -0.3 is 5.32 Å². The number of rotatable bonds is 5. The van der Waals surface area contributed by atoms with Gasteiger partial charge >= 0.3 is 0 Å².